The van der Waals surface area contributed by atoms with Crippen LogP contribution in [0.25, 0.3) is 11.0 Å². The fraction of sp³-hybridized carbons (Fsp3) is 0.333. The molecule has 2 aromatic carbocycles. The van der Waals surface area contributed by atoms with Crippen LogP contribution in [0.4, 0.5) is 0 Å². The van der Waals surface area contributed by atoms with Crippen molar-refractivity contribution in [3.63, 3.8) is 0 Å². The number of benzene rings is 2. The average Bonchev–Trinajstić information content (AvgIpc) is 3.44. The predicted octanol–water partition coefficient (Wildman–Crippen LogP) is 3.45. The summed E-state index contributed by atoms with van der Waals surface area (Å²) in [5.74, 6) is -1.36. The predicted molar refractivity (Wildman–Crippen MR) is 131 cm³/mol. The quantitative estimate of drug-likeness (QED) is 0.460. The van der Waals surface area contributed by atoms with E-state index < -0.39 is 23.5 Å². The summed E-state index contributed by atoms with van der Waals surface area (Å²) in [6.45, 7) is 4.09. The highest BCUT2D eigenvalue weighted by Crippen LogP contribution is 2.41. The third-order valence-corrected chi connectivity index (χ3v) is 6.66. The number of hydrogen-bond donors (Lipinski definition) is 2. The fourth-order valence-electron chi connectivity index (χ4n) is 4.89. The molecule has 5 rings (SSSR count). The molecule has 188 valence electrons. The van der Waals surface area contributed by atoms with Gasteiger partial charge in [0.2, 0.25) is 5.78 Å². The minimum atomic E-state index is -0.864. The highest BCUT2D eigenvalue weighted by atomic mass is 16.5. The van der Waals surface area contributed by atoms with Gasteiger partial charge in [-0.05, 0) is 36.2 Å². The Morgan fingerprint density at radius 2 is 1.86 bits per heavy atom. The number of amides is 1. The summed E-state index contributed by atoms with van der Waals surface area (Å²) in [6, 6.07) is 12.4. The Morgan fingerprint density at radius 1 is 1.08 bits per heavy atom. The third kappa shape index (κ3) is 4.43. The van der Waals surface area contributed by atoms with E-state index in [4.69, 9.17) is 13.9 Å². The highest BCUT2D eigenvalue weighted by Gasteiger charge is 2.44. The van der Waals surface area contributed by atoms with E-state index in [0.717, 1.165) is 19.6 Å². The maximum atomic E-state index is 13.7. The molecule has 3 aromatic rings. The van der Waals surface area contributed by atoms with E-state index in [0.29, 0.717) is 48.5 Å². The number of aromatic hydroxyl groups is 1. The maximum Gasteiger partial charge on any atom is 0.290 e. The minimum absolute atomic E-state index is 0.000113. The van der Waals surface area contributed by atoms with Crippen LogP contribution in [0, 0.1) is 0 Å². The Labute approximate surface area is 208 Å². The van der Waals surface area contributed by atoms with Gasteiger partial charge in [0, 0.05) is 31.6 Å². The van der Waals surface area contributed by atoms with Crippen molar-refractivity contribution in [2.24, 2.45) is 0 Å². The monoisotopic (exact) mass is 492 g/mol. The van der Waals surface area contributed by atoms with Crippen LogP contribution in [0.5, 0.6) is 11.5 Å². The normalized spacial score (nSPS) is 18.9. The van der Waals surface area contributed by atoms with Crippen LogP contribution in [0.1, 0.15) is 28.6 Å². The van der Waals surface area contributed by atoms with Crippen molar-refractivity contribution >= 4 is 22.7 Å². The van der Waals surface area contributed by atoms with Crippen molar-refractivity contribution in [2.45, 2.75) is 12.5 Å². The summed E-state index contributed by atoms with van der Waals surface area (Å²) in [5, 5.41) is 21.7. The van der Waals surface area contributed by atoms with Crippen molar-refractivity contribution in [2.75, 3.05) is 46.5 Å². The van der Waals surface area contributed by atoms with Crippen molar-refractivity contribution in [1.82, 2.24) is 9.80 Å². The molecule has 2 aliphatic heterocycles. The number of ether oxygens (including phenoxy) is 2. The molecule has 1 fully saturated rings. The van der Waals surface area contributed by atoms with Crippen LogP contribution in [0.15, 0.2) is 64.3 Å². The first kappa shape index (κ1) is 23.9. The average molecular weight is 493 g/mol. The van der Waals surface area contributed by atoms with E-state index in [-0.39, 0.29) is 17.1 Å². The molecule has 3 heterocycles. The lowest BCUT2D eigenvalue weighted by Gasteiger charge is -2.30. The number of carbonyl (C=O) groups excluding carboxylic acids is 2. The molecule has 1 unspecified atom stereocenters. The summed E-state index contributed by atoms with van der Waals surface area (Å²) in [5.41, 5.74) is 0.856. The van der Waals surface area contributed by atoms with Gasteiger partial charge in [0.25, 0.3) is 5.91 Å². The summed E-state index contributed by atoms with van der Waals surface area (Å²) in [4.78, 5) is 30.6. The molecule has 1 amide bonds. The number of Topliss-reactive ketones (excluding diaryl/α,β-unsaturated/α-hetero) is 1. The molecule has 0 spiro atoms. The second kappa shape index (κ2) is 10.0. The standard InChI is InChI=1S/C27H28N2O7/c1-34-20-8-3-6-18-16-21(36-26(18)20)24(31)22-23(17-5-2-7-19(30)15-17)29(27(33)25(22)32)10-4-9-28-11-13-35-14-12-28/h2-3,5-8,15-16,23,30,32H,4,9-14H2,1H3. The minimum Gasteiger partial charge on any atom is -0.508 e. The molecule has 9 heteroatoms. The summed E-state index contributed by atoms with van der Waals surface area (Å²) in [6.07, 6.45) is 0.650. The van der Waals surface area contributed by atoms with Crippen molar-refractivity contribution in [3.05, 3.63) is 71.2 Å². The number of phenols is 1. The number of para-hydroxylation sites is 1. The zero-order chi connectivity index (χ0) is 25.2. The van der Waals surface area contributed by atoms with Gasteiger partial charge < -0.3 is 29.0 Å². The number of carbonyl (C=O) groups is 2. The van der Waals surface area contributed by atoms with E-state index in [1.54, 1.807) is 36.4 Å². The van der Waals surface area contributed by atoms with Gasteiger partial charge in [-0.3, -0.25) is 14.5 Å². The molecule has 2 N–H and O–H groups in total. The number of aliphatic hydroxyl groups is 1. The fourth-order valence-corrected chi connectivity index (χ4v) is 4.89. The topological polar surface area (TPSA) is 113 Å². The van der Waals surface area contributed by atoms with Crippen molar-refractivity contribution in [3.8, 4) is 11.5 Å². The van der Waals surface area contributed by atoms with Gasteiger partial charge in [-0.1, -0.05) is 24.3 Å². The van der Waals surface area contributed by atoms with Crippen molar-refractivity contribution < 1.29 is 33.7 Å². The lowest BCUT2D eigenvalue weighted by molar-refractivity contribution is -0.129. The number of phenolic OH excluding ortho intramolecular Hbond substituents is 1. The van der Waals surface area contributed by atoms with E-state index in [2.05, 4.69) is 4.90 Å². The van der Waals surface area contributed by atoms with Crippen LogP contribution in [-0.4, -0.2) is 78.2 Å². The Bertz CT molecular complexity index is 1320. The molecule has 1 atom stereocenters. The zero-order valence-corrected chi connectivity index (χ0v) is 20.0. The summed E-state index contributed by atoms with van der Waals surface area (Å²) < 4.78 is 16.6. The molecule has 36 heavy (non-hydrogen) atoms. The number of fused-ring (bicyclic) bond motifs is 1. The van der Waals surface area contributed by atoms with E-state index in [9.17, 15) is 19.8 Å². The van der Waals surface area contributed by atoms with Crippen molar-refractivity contribution in [1.29, 1.82) is 0 Å². The molecule has 1 aromatic heterocycles. The van der Waals surface area contributed by atoms with Crippen LogP contribution in [-0.2, 0) is 9.53 Å². The summed E-state index contributed by atoms with van der Waals surface area (Å²) in [7, 11) is 1.51. The number of rotatable bonds is 8. The molecule has 0 bridgehead atoms. The molecule has 0 radical (unpaired) electrons. The number of hydrogen-bond acceptors (Lipinski definition) is 8. The lowest BCUT2D eigenvalue weighted by atomic mass is 9.94. The van der Waals surface area contributed by atoms with Gasteiger partial charge in [-0.15, -0.1) is 0 Å². The van der Waals surface area contributed by atoms with Gasteiger partial charge in [0.15, 0.2) is 22.9 Å². The molecule has 9 nitrogen and oxygen atoms in total. The SMILES string of the molecule is COc1cccc2cc(C(=O)C3=C(O)C(=O)N(CCCN4CCOCC4)C3c3cccc(O)c3)oc12. The van der Waals surface area contributed by atoms with Crippen LogP contribution < -0.4 is 4.74 Å². The number of furan rings is 1. The Kier molecular flexibility index (Phi) is 6.67. The van der Waals surface area contributed by atoms with Gasteiger partial charge in [-0.2, -0.15) is 0 Å². The third-order valence-electron chi connectivity index (χ3n) is 6.66. The second-order valence-corrected chi connectivity index (χ2v) is 8.88. The number of methoxy groups -OCH3 is 1. The van der Waals surface area contributed by atoms with Gasteiger partial charge in [-0.25, -0.2) is 0 Å². The maximum absolute atomic E-state index is 13.7. The zero-order valence-electron chi connectivity index (χ0n) is 20.0. The molecule has 1 saturated heterocycles. The molecular weight excluding hydrogens is 464 g/mol. The Hall–Kier alpha value is -3.82. The van der Waals surface area contributed by atoms with E-state index >= 15 is 0 Å². The molecule has 0 saturated carbocycles. The lowest BCUT2D eigenvalue weighted by Crippen LogP contribution is -2.39. The van der Waals surface area contributed by atoms with Gasteiger partial charge >= 0.3 is 0 Å². The highest BCUT2D eigenvalue weighted by molar-refractivity contribution is 6.16. The van der Waals surface area contributed by atoms with E-state index in [1.165, 1.54) is 24.1 Å². The first-order valence-electron chi connectivity index (χ1n) is 11.9. The Morgan fingerprint density at radius 3 is 2.61 bits per heavy atom. The number of nitrogens with zero attached hydrogens (tertiary/aromatic N) is 2. The second-order valence-electron chi connectivity index (χ2n) is 8.88. The largest absolute Gasteiger partial charge is 0.508 e. The Balaban J connectivity index is 1.47. The number of aliphatic hydroxyl groups excluding tert-OH is 1. The number of morpholine rings is 1. The first-order valence-corrected chi connectivity index (χ1v) is 11.9. The van der Waals surface area contributed by atoms with Gasteiger partial charge in [0.1, 0.15) is 5.75 Å². The van der Waals surface area contributed by atoms with Gasteiger partial charge in [0.05, 0.1) is 31.9 Å². The smallest absolute Gasteiger partial charge is 0.290 e. The first-order chi connectivity index (χ1) is 17.5. The molecular formula is C27H28N2O7. The van der Waals surface area contributed by atoms with Crippen LogP contribution >= 0.6 is 0 Å². The van der Waals surface area contributed by atoms with Crippen LogP contribution in [0.2, 0.25) is 0 Å². The van der Waals surface area contributed by atoms with E-state index in [1.807, 2.05) is 0 Å². The summed E-state index contributed by atoms with van der Waals surface area (Å²) >= 11 is 0. The molecule has 0 aliphatic carbocycles. The van der Waals surface area contributed by atoms with Crippen LogP contribution in [0.3, 0.4) is 0 Å². The molecule has 2 aliphatic rings. The number of ketones is 1.